The molecule has 1 amide bonds. The fourth-order valence-electron chi connectivity index (χ4n) is 2.51. The van der Waals surface area contributed by atoms with Crippen molar-refractivity contribution in [1.82, 2.24) is 25.5 Å². The molecule has 7 nitrogen and oxygen atoms in total. The molecule has 0 fully saturated rings. The molecule has 0 aliphatic carbocycles. The maximum atomic E-state index is 12.4. The minimum Gasteiger partial charge on any atom is -0.374 e. The standard InChI is InChI=1S/C18H20N6OS/c1-4-14-9-15(22-11(3)21-14)12-5-7-13(8-6-12)16(25)20-10(2)17-23-24-18(19)26-17/h5-10H,4H2,1-3H3,(H2,19,24)(H,20,25)/t10-/m1/s1. The molecule has 0 aliphatic heterocycles. The van der Waals surface area contributed by atoms with Gasteiger partial charge in [0.1, 0.15) is 10.8 Å². The third kappa shape index (κ3) is 4.02. The van der Waals surface area contributed by atoms with E-state index in [1.807, 2.05) is 32.0 Å². The lowest BCUT2D eigenvalue weighted by Gasteiger charge is -2.11. The van der Waals surface area contributed by atoms with Crippen LogP contribution in [-0.4, -0.2) is 26.1 Å². The van der Waals surface area contributed by atoms with Crippen LogP contribution in [0.2, 0.25) is 0 Å². The Kier molecular flexibility index (Phi) is 5.22. The molecule has 3 aromatic rings. The topological polar surface area (TPSA) is 107 Å². The summed E-state index contributed by atoms with van der Waals surface area (Å²) in [5, 5.41) is 11.7. The van der Waals surface area contributed by atoms with Crippen LogP contribution in [0.5, 0.6) is 0 Å². The number of aromatic nitrogens is 4. The second-order valence-corrected chi connectivity index (χ2v) is 6.94. The number of rotatable bonds is 5. The van der Waals surface area contributed by atoms with Crippen molar-refractivity contribution in [2.45, 2.75) is 33.2 Å². The molecule has 0 bridgehead atoms. The number of hydrogen-bond donors (Lipinski definition) is 2. The fraction of sp³-hybridized carbons (Fsp3) is 0.278. The summed E-state index contributed by atoms with van der Waals surface area (Å²) in [6.07, 6.45) is 0.852. The van der Waals surface area contributed by atoms with Crippen LogP contribution in [0.4, 0.5) is 5.13 Å². The minimum absolute atomic E-state index is 0.175. The number of anilines is 1. The molecular formula is C18H20N6OS. The Morgan fingerprint density at radius 3 is 2.58 bits per heavy atom. The zero-order valence-corrected chi connectivity index (χ0v) is 15.7. The summed E-state index contributed by atoms with van der Waals surface area (Å²) in [7, 11) is 0. The summed E-state index contributed by atoms with van der Waals surface area (Å²) in [5.74, 6) is 0.567. The zero-order chi connectivity index (χ0) is 18.7. The van der Waals surface area contributed by atoms with Crippen LogP contribution >= 0.6 is 11.3 Å². The molecule has 1 atom stereocenters. The Balaban J connectivity index is 1.74. The van der Waals surface area contributed by atoms with Gasteiger partial charge < -0.3 is 11.1 Å². The highest BCUT2D eigenvalue weighted by Gasteiger charge is 2.15. The van der Waals surface area contributed by atoms with Gasteiger partial charge in [0.05, 0.1) is 11.7 Å². The molecule has 26 heavy (non-hydrogen) atoms. The number of carbonyl (C=O) groups is 1. The highest BCUT2D eigenvalue weighted by Crippen LogP contribution is 2.21. The van der Waals surface area contributed by atoms with Crippen LogP contribution in [0.3, 0.4) is 0 Å². The number of carbonyl (C=O) groups excluding carboxylic acids is 1. The first-order valence-electron chi connectivity index (χ1n) is 8.31. The molecule has 0 saturated carbocycles. The molecule has 0 saturated heterocycles. The average Bonchev–Trinajstić information content (AvgIpc) is 3.07. The van der Waals surface area contributed by atoms with E-state index in [1.165, 1.54) is 11.3 Å². The molecule has 0 radical (unpaired) electrons. The van der Waals surface area contributed by atoms with Crippen LogP contribution in [-0.2, 0) is 6.42 Å². The van der Waals surface area contributed by atoms with Gasteiger partial charge in [-0.2, -0.15) is 0 Å². The van der Waals surface area contributed by atoms with Gasteiger partial charge in [-0.25, -0.2) is 9.97 Å². The lowest BCUT2D eigenvalue weighted by atomic mass is 10.1. The Morgan fingerprint density at radius 2 is 1.96 bits per heavy atom. The van der Waals surface area contributed by atoms with Crippen molar-refractivity contribution in [3.8, 4) is 11.3 Å². The van der Waals surface area contributed by atoms with Gasteiger partial charge in [0.25, 0.3) is 5.91 Å². The van der Waals surface area contributed by atoms with Crippen molar-refractivity contribution >= 4 is 22.4 Å². The summed E-state index contributed by atoms with van der Waals surface area (Å²) in [5.41, 5.74) is 8.96. The molecule has 3 N–H and O–H groups in total. The highest BCUT2D eigenvalue weighted by molar-refractivity contribution is 7.15. The average molecular weight is 368 g/mol. The molecular weight excluding hydrogens is 348 g/mol. The van der Waals surface area contributed by atoms with Crippen molar-refractivity contribution in [1.29, 1.82) is 0 Å². The number of nitrogens with zero attached hydrogens (tertiary/aromatic N) is 4. The number of amides is 1. The Hall–Kier alpha value is -2.87. The fourth-order valence-corrected chi connectivity index (χ4v) is 3.13. The number of nitrogen functional groups attached to an aromatic ring is 1. The van der Waals surface area contributed by atoms with Crippen molar-refractivity contribution in [2.24, 2.45) is 0 Å². The molecule has 2 heterocycles. The first kappa shape index (κ1) is 17.9. The molecule has 134 valence electrons. The molecule has 0 spiro atoms. The van der Waals surface area contributed by atoms with E-state index in [9.17, 15) is 4.79 Å². The maximum Gasteiger partial charge on any atom is 0.251 e. The van der Waals surface area contributed by atoms with Gasteiger partial charge in [-0.1, -0.05) is 30.4 Å². The summed E-state index contributed by atoms with van der Waals surface area (Å²) in [6.45, 7) is 5.79. The van der Waals surface area contributed by atoms with Gasteiger partial charge in [-0.05, 0) is 38.5 Å². The minimum atomic E-state index is -0.256. The van der Waals surface area contributed by atoms with Crippen molar-refractivity contribution < 1.29 is 4.79 Å². The van der Waals surface area contributed by atoms with Gasteiger partial charge in [-0.3, -0.25) is 4.79 Å². The van der Waals surface area contributed by atoms with Gasteiger partial charge >= 0.3 is 0 Å². The summed E-state index contributed by atoms with van der Waals surface area (Å²) in [4.78, 5) is 21.3. The number of hydrogen-bond acceptors (Lipinski definition) is 7. The number of nitrogens with two attached hydrogens (primary N) is 1. The van der Waals surface area contributed by atoms with Gasteiger partial charge in [0.15, 0.2) is 0 Å². The van der Waals surface area contributed by atoms with Crippen LogP contribution in [0.1, 0.15) is 46.8 Å². The third-order valence-electron chi connectivity index (χ3n) is 3.87. The van der Waals surface area contributed by atoms with Crippen LogP contribution in [0.25, 0.3) is 11.3 Å². The number of aryl methyl sites for hydroxylation is 2. The quantitative estimate of drug-likeness (QED) is 0.717. The molecule has 8 heteroatoms. The normalized spacial score (nSPS) is 12.0. The predicted molar refractivity (Wildman–Crippen MR) is 102 cm³/mol. The Morgan fingerprint density at radius 1 is 1.23 bits per heavy atom. The first-order chi connectivity index (χ1) is 12.5. The van der Waals surface area contributed by atoms with Gasteiger partial charge in [0, 0.05) is 16.8 Å². The van der Waals surface area contributed by atoms with E-state index < -0.39 is 0 Å². The number of nitrogens with one attached hydrogen (secondary N) is 1. The smallest absolute Gasteiger partial charge is 0.251 e. The predicted octanol–water partition coefficient (Wildman–Crippen LogP) is 2.94. The highest BCUT2D eigenvalue weighted by atomic mass is 32.1. The second-order valence-electron chi connectivity index (χ2n) is 5.90. The second kappa shape index (κ2) is 7.57. The van der Waals surface area contributed by atoms with Crippen molar-refractivity contribution in [3.05, 3.63) is 52.4 Å². The van der Waals surface area contributed by atoms with E-state index >= 15 is 0 Å². The van der Waals surface area contributed by atoms with Crippen LogP contribution in [0, 0.1) is 6.92 Å². The van der Waals surface area contributed by atoms with E-state index in [1.54, 1.807) is 12.1 Å². The molecule has 2 aromatic heterocycles. The number of benzene rings is 1. The SMILES string of the molecule is CCc1cc(-c2ccc(C(=O)N[C@H](C)c3nnc(N)s3)cc2)nc(C)n1. The Labute approximate surface area is 155 Å². The summed E-state index contributed by atoms with van der Waals surface area (Å²) < 4.78 is 0. The molecule has 3 rings (SSSR count). The zero-order valence-electron chi connectivity index (χ0n) is 14.9. The van der Waals surface area contributed by atoms with Gasteiger partial charge in [0.2, 0.25) is 5.13 Å². The van der Waals surface area contributed by atoms with Crippen molar-refractivity contribution in [2.75, 3.05) is 5.73 Å². The van der Waals surface area contributed by atoms with E-state index in [4.69, 9.17) is 5.73 Å². The maximum absolute atomic E-state index is 12.4. The Bertz CT molecular complexity index is 922. The molecule has 1 aromatic carbocycles. The summed E-state index contributed by atoms with van der Waals surface area (Å²) in [6, 6.07) is 9.08. The van der Waals surface area contributed by atoms with E-state index in [0.29, 0.717) is 15.7 Å². The summed E-state index contributed by atoms with van der Waals surface area (Å²) >= 11 is 1.26. The lowest BCUT2D eigenvalue weighted by Crippen LogP contribution is -2.26. The third-order valence-corrected chi connectivity index (χ3v) is 4.81. The van der Waals surface area contributed by atoms with Crippen molar-refractivity contribution in [3.63, 3.8) is 0 Å². The van der Waals surface area contributed by atoms with Crippen LogP contribution in [0.15, 0.2) is 30.3 Å². The van der Waals surface area contributed by atoms with E-state index in [-0.39, 0.29) is 11.9 Å². The lowest BCUT2D eigenvalue weighted by molar-refractivity contribution is 0.0939. The first-order valence-corrected chi connectivity index (χ1v) is 9.12. The van der Waals surface area contributed by atoms with E-state index in [2.05, 4.69) is 32.4 Å². The van der Waals surface area contributed by atoms with Gasteiger partial charge in [-0.15, -0.1) is 10.2 Å². The molecule has 0 unspecified atom stereocenters. The molecule has 0 aliphatic rings. The van der Waals surface area contributed by atoms with E-state index in [0.717, 1.165) is 29.2 Å². The largest absolute Gasteiger partial charge is 0.374 e. The van der Waals surface area contributed by atoms with Crippen LogP contribution < -0.4 is 11.1 Å². The monoisotopic (exact) mass is 368 g/mol.